The molecule has 1 N–H and O–H groups in total. The quantitative estimate of drug-likeness (QED) is 0.904. The SMILES string of the molecule is CN1C[C@@H](C(=O)N2CCC(O)(Cc3cccc(F)c3)CC2)CC1=O. The predicted octanol–water partition coefficient (Wildman–Crippen LogP) is 1.20. The molecule has 1 atom stereocenters. The number of benzene rings is 1. The van der Waals surface area contributed by atoms with E-state index in [9.17, 15) is 19.1 Å². The molecular formula is C18H23FN2O3. The Labute approximate surface area is 141 Å². The van der Waals surface area contributed by atoms with Crippen molar-refractivity contribution in [2.45, 2.75) is 31.3 Å². The number of carbonyl (C=O) groups is 2. The standard InChI is InChI=1S/C18H23FN2O3/c1-20-12-14(10-16(20)22)17(23)21-7-5-18(24,6-8-21)11-13-3-2-4-15(19)9-13/h2-4,9,14,24H,5-8,10-12H2,1H3/t14-/m0/s1. The predicted molar refractivity (Wildman–Crippen MR) is 86.6 cm³/mol. The number of halogens is 1. The molecule has 0 bridgehead atoms. The van der Waals surface area contributed by atoms with E-state index in [2.05, 4.69) is 0 Å². The molecule has 2 aliphatic rings. The molecule has 2 amide bonds. The highest BCUT2D eigenvalue weighted by atomic mass is 19.1. The fourth-order valence-electron chi connectivity index (χ4n) is 3.63. The van der Waals surface area contributed by atoms with Crippen LogP contribution in [0, 0.1) is 11.7 Å². The van der Waals surface area contributed by atoms with Crippen LogP contribution in [0.1, 0.15) is 24.8 Å². The van der Waals surface area contributed by atoms with Crippen LogP contribution in [-0.2, 0) is 16.0 Å². The first kappa shape index (κ1) is 16.9. The van der Waals surface area contributed by atoms with Crippen LogP contribution in [0.2, 0.25) is 0 Å². The van der Waals surface area contributed by atoms with Crippen molar-refractivity contribution in [2.24, 2.45) is 5.92 Å². The maximum absolute atomic E-state index is 13.3. The lowest BCUT2D eigenvalue weighted by molar-refractivity contribution is -0.139. The summed E-state index contributed by atoms with van der Waals surface area (Å²) >= 11 is 0. The number of piperidine rings is 1. The molecule has 1 aromatic rings. The Hall–Kier alpha value is -1.95. The summed E-state index contributed by atoms with van der Waals surface area (Å²) in [6.45, 7) is 1.42. The third-order valence-electron chi connectivity index (χ3n) is 5.12. The minimum atomic E-state index is -0.910. The number of hydrogen-bond donors (Lipinski definition) is 1. The highest BCUT2D eigenvalue weighted by Crippen LogP contribution is 2.28. The number of nitrogens with zero attached hydrogens (tertiary/aromatic N) is 2. The first-order valence-corrected chi connectivity index (χ1v) is 8.36. The van der Waals surface area contributed by atoms with Crippen molar-refractivity contribution in [3.05, 3.63) is 35.6 Å². The van der Waals surface area contributed by atoms with E-state index in [-0.39, 0.29) is 30.0 Å². The molecule has 0 unspecified atom stereocenters. The second kappa shape index (κ2) is 6.51. The molecule has 3 rings (SSSR count). The van der Waals surface area contributed by atoms with Gasteiger partial charge in [0.2, 0.25) is 11.8 Å². The summed E-state index contributed by atoms with van der Waals surface area (Å²) < 4.78 is 13.3. The Balaban J connectivity index is 1.57. The molecule has 0 spiro atoms. The van der Waals surface area contributed by atoms with Crippen LogP contribution in [-0.4, -0.2) is 59.0 Å². The van der Waals surface area contributed by atoms with E-state index in [1.165, 1.54) is 12.1 Å². The molecule has 2 heterocycles. The minimum Gasteiger partial charge on any atom is -0.389 e. The highest BCUT2D eigenvalue weighted by molar-refractivity contribution is 5.89. The number of amides is 2. The summed E-state index contributed by atoms with van der Waals surface area (Å²) in [6, 6.07) is 6.27. The molecule has 6 heteroatoms. The van der Waals surface area contributed by atoms with Crippen molar-refractivity contribution in [3.63, 3.8) is 0 Å². The van der Waals surface area contributed by atoms with Gasteiger partial charge >= 0.3 is 0 Å². The van der Waals surface area contributed by atoms with Gasteiger partial charge in [-0.25, -0.2) is 4.39 Å². The molecule has 1 aromatic carbocycles. The molecule has 130 valence electrons. The van der Waals surface area contributed by atoms with Crippen LogP contribution in [0.5, 0.6) is 0 Å². The Kier molecular flexibility index (Phi) is 4.58. The second-order valence-corrected chi connectivity index (χ2v) is 7.03. The fraction of sp³-hybridized carbons (Fsp3) is 0.556. The summed E-state index contributed by atoms with van der Waals surface area (Å²) in [5.41, 5.74) is -0.146. The van der Waals surface area contributed by atoms with Crippen LogP contribution in [0.4, 0.5) is 4.39 Å². The van der Waals surface area contributed by atoms with E-state index in [4.69, 9.17) is 0 Å². The maximum Gasteiger partial charge on any atom is 0.227 e. The largest absolute Gasteiger partial charge is 0.389 e. The summed E-state index contributed by atoms with van der Waals surface area (Å²) in [5.74, 6) is -0.566. The Morgan fingerprint density at radius 1 is 1.38 bits per heavy atom. The molecule has 0 aromatic heterocycles. The third kappa shape index (κ3) is 3.59. The smallest absolute Gasteiger partial charge is 0.227 e. The molecule has 0 saturated carbocycles. The number of rotatable bonds is 3. The van der Waals surface area contributed by atoms with Gasteiger partial charge in [0.15, 0.2) is 0 Å². The number of hydrogen-bond acceptors (Lipinski definition) is 3. The number of likely N-dealkylation sites (tertiary alicyclic amines) is 2. The van der Waals surface area contributed by atoms with E-state index in [1.807, 2.05) is 0 Å². The van der Waals surface area contributed by atoms with Gasteiger partial charge in [-0.15, -0.1) is 0 Å². The van der Waals surface area contributed by atoms with Crippen molar-refractivity contribution in [3.8, 4) is 0 Å². The van der Waals surface area contributed by atoms with Gasteiger partial charge in [0.05, 0.1) is 11.5 Å². The molecule has 2 aliphatic heterocycles. The number of carbonyl (C=O) groups excluding carboxylic acids is 2. The fourth-order valence-corrected chi connectivity index (χ4v) is 3.63. The summed E-state index contributed by atoms with van der Waals surface area (Å²) in [5, 5.41) is 10.7. The van der Waals surface area contributed by atoms with Crippen LogP contribution in [0.25, 0.3) is 0 Å². The van der Waals surface area contributed by atoms with Gasteiger partial charge in [-0.05, 0) is 30.5 Å². The average molecular weight is 334 g/mol. The lowest BCUT2D eigenvalue weighted by atomic mass is 9.85. The maximum atomic E-state index is 13.3. The monoisotopic (exact) mass is 334 g/mol. The van der Waals surface area contributed by atoms with E-state index < -0.39 is 5.60 Å². The molecule has 0 radical (unpaired) electrons. The van der Waals surface area contributed by atoms with Gasteiger partial charge < -0.3 is 14.9 Å². The third-order valence-corrected chi connectivity index (χ3v) is 5.12. The van der Waals surface area contributed by atoms with Crippen molar-refractivity contribution in [1.82, 2.24) is 9.80 Å². The zero-order valence-corrected chi connectivity index (χ0v) is 13.9. The van der Waals surface area contributed by atoms with Crippen LogP contribution < -0.4 is 0 Å². The zero-order chi connectivity index (χ0) is 17.3. The van der Waals surface area contributed by atoms with Crippen LogP contribution in [0.3, 0.4) is 0 Å². The molecule has 2 fully saturated rings. The van der Waals surface area contributed by atoms with Crippen molar-refractivity contribution in [2.75, 3.05) is 26.7 Å². The number of aliphatic hydroxyl groups is 1. The first-order valence-electron chi connectivity index (χ1n) is 8.36. The summed E-state index contributed by atoms with van der Waals surface area (Å²) in [7, 11) is 1.71. The van der Waals surface area contributed by atoms with Gasteiger partial charge in [0, 0.05) is 39.5 Å². The van der Waals surface area contributed by atoms with E-state index in [1.54, 1.807) is 29.0 Å². The molecule has 24 heavy (non-hydrogen) atoms. The van der Waals surface area contributed by atoms with Crippen LogP contribution >= 0.6 is 0 Å². The Morgan fingerprint density at radius 3 is 2.67 bits per heavy atom. The van der Waals surface area contributed by atoms with Crippen molar-refractivity contribution >= 4 is 11.8 Å². The van der Waals surface area contributed by atoms with Gasteiger partial charge in [0.25, 0.3) is 0 Å². The average Bonchev–Trinajstić information content (AvgIpc) is 2.86. The van der Waals surface area contributed by atoms with Gasteiger partial charge in [-0.1, -0.05) is 12.1 Å². The highest BCUT2D eigenvalue weighted by Gasteiger charge is 2.39. The Bertz CT molecular complexity index is 641. The normalized spacial score (nSPS) is 23.6. The lowest BCUT2D eigenvalue weighted by Gasteiger charge is -2.39. The van der Waals surface area contributed by atoms with E-state index in [0.717, 1.165) is 5.56 Å². The first-order chi connectivity index (χ1) is 11.4. The van der Waals surface area contributed by atoms with Crippen LogP contribution in [0.15, 0.2) is 24.3 Å². The van der Waals surface area contributed by atoms with E-state index >= 15 is 0 Å². The van der Waals surface area contributed by atoms with Crippen molar-refractivity contribution < 1.29 is 19.1 Å². The van der Waals surface area contributed by atoms with Gasteiger partial charge in [-0.2, -0.15) is 0 Å². The second-order valence-electron chi connectivity index (χ2n) is 7.03. The summed E-state index contributed by atoms with van der Waals surface area (Å²) in [4.78, 5) is 27.4. The zero-order valence-electron chi connectivity index (χ0n) is 13.9. The lowest BCUT2D eigenvalue weighted by Crippen LogP contribution is -2.49. The minimum absolute atomic E-state index is 0.000468. The summed E-state index contributed by atoms with van der Waals surface area (Å²) in [6.07, 6.45) is 1.59. The Morgan fingerprint density at radius 2 is 2.08 bits per heavy atom. The van der Waals surface area contributed by atoms with Crippen molar-refractivity contribution in [1.29, 1.82) is 0 Å². The van der Waals surface area contributed by atoms with Gasteiger partial charge in [0.1, 0.15) is 5.82 Å². The molecular weight excluding hydrogens is 311 g/mol. The molecule has 5 nitrogen and oxygen atoms in total. The van der Waals surface area contributed by atoms with E-state index in [0.29, 0.717) is 38.9 Å². The topological polar surface area (TPSA) is 60.9 Å². The molecule has 2 saturated heterocycles. The molecule has 0 aliphatic carbocycles. The van der Waals surface area contributed by atoms with Gasteiger partial charge in [-0.3, -0.25) is 9.59 Å².